The molecule has 1 rings (SSSR count). The number of hydrogen-bond acceptors (Lipinski definition) is 3. The largest absolute Gasteiger partial charge is 0.363 e. The monoisotopic (exact) mass is 233 g/mol. The second-order valence-corrected chi connectivity index (χ2v) is 5.11. The van der Waals surface area contributed by atoms with Crippen molar-refractivity contribution in [2.45, 2.75) is 32.9 Å². The van der Waals surface area contributed by atoms with Gasteiger partial charge in [0.15, 0.2) is 0 Å². The molecule has 1 aromatic rings. The van der Waals surface area contributed by atoms with E-state index in [0.29, 0.717) is 0 Å². The molecule has 0 unspecified atom stereocenters. The van der Waals surface area contributed by atoms with Crippen LogP contribution in [0, 0.1) is 0 Å². The molecular formula is C14H23N3. The van der Waals surface area contributed by atoms with Crippen molar-refractivity contribution < 1.29 is 0 Å². The van der Waals surface area contributed by atoms with Crippen molar-refractivity contribution in [2.24, 2.45) is 0 Å². The molecule has 3 nitrogen and oxygen atoms in total. The second-order valence-electron chi connectivity index (χ2n) is 5.11. The summed E-state index contributed by atoms with van der Waals surface area (Å²) >= 11 is 0. The maximum absolute atomic E-state index is 4.34. The van der Waals surface area contributed by atoms with Gasteiger partial charge in [0, 0.05) is 30.5 Å². The smallest absolute Gasteiger partial charge is 0.0562 e. The highest BCUT2D eigenvalue weighted by molar-refractivity contribution is 5.49. The summed E-state index contributed by atoms with van der Waals surface area (Å²) in [5, 5.41) is 3.12. The van der Waals surface area contributed by atoms with Gasteiger partial charge in [0.2, 0.25) is 0 Å². The van der Waals surface area contributed by atoms with Crippen molar-refractivity contribution in [1.29, 1.82) is 0 Å². The van der Waals surface area contributed by atoms with Gasteiger partial charge >= 0.3 is 0 Å². The zero-order valence-electron chi connectivity index (χ0n) is 11.3. The topological polar surface area (TPSA) is 28.2 Å². The fraction of sp³-hybridized carbons (Fsp3) is 0.500. The molecule has 0 aromatic carbocycles. The SMILES string of the molecule is C=CCN(c1ccnc(CNC)c1)C(C)(C)C. The third-order valence-electron chi connectivity index (χ3n) is 2.59. The quantitative estimate of drug-likeness (QED) is 0.792. The van der Waals surface area contributed by atoms with E-state index in [9.17, 15) is 0 Å². The molecule has 94 valence electrons. The molecule has 1 aromatic heterocycles. The van der Waals surface area contributed by atoms with Crippen LogP contribution in [0.4, 0.5) is 5.69 Å². The van der Waals surface area contributed by atoms with Crippen LogP contribution in [-0.4, -0.2) is 24.1 Å². The van der Waals surface area contributed by atoms with Crippen molar-refractivity contribution in [3.63, 3.8) is 0 Å². The first-order valence-corrected chi connectivity index (χ1v) is 5.97. The van der Waals surface area contributed by atoms with Crippen LogP contribution in [-0.2, 0) is 6.54 Å². The van der Waals surface area contributed by atoms with E-state index < -0.39 is 0 Å². The van der Waals surface area contributed by atoms with Gasteiger partial charge in [-0.25, -0.2) is 0 Å². The Hall–Kier alpha value is -1.35. The number of anilines is 1. The number of rotatable bonds is 5. The highest BCUT2D eigenvalue weighted by Gasteiger charge is 2.20. The lowest BCUT2D eigenvalue weighted by Gasteiger charge is -2.37. The van der Waals surface area contributed by atoms with E-state index in [1.165, 1.54) is 5.69 Å². The summed E-state index contributed by atoms with van der Waals surface area (Å²) in [5.41, 5.74) is 2.33. The molecule has 0 amide bonds. The minimum absolute atomic E-state index is 0.0758. The Kier molecular flexibility index (Phi) is 4.70. The first-order chi connectivity index (χ1) is 7.99. The normalized spacial score (nSPS) is 11.3. The third kappa shape index (κ3) is 3.86. The standard InChI is InChI=1S/C14H23N3/c1-6-9-17(14(2,3)4)13-7-8-16-12(10-13)11-15-5/h6-8,10,15H,1,9,11H2,2-5H3. The van der Waals surface area contributed by atoms with E-state index >= 15 is 0 Å². The predicted octanol–water partition coefficient (Wildman–Crippen LogP) is 2.59. The Labute approximate surface area is 105 Å². The first-order valence-electron chi connectivity index (χ1n) is 5.97. The van der Waals surface area contributed by atoms with Crippen molar-refractivity contribution in [3.8, 4) is 0 Å². The summed E-state index contributed by atoms with van der Waals surface area (Å²) in [6.45, 7) is 12.1. The number of nitrogens with one attached hydrogen (secondary N) is 1. The van der Waals surface area contributed by atoms with Gasteiger partial charge in [0.25, 0.3) is 0 Å². The van der Waals surface area contributed by atoms with E-state index in [4.69, 9.17) is 0 Å². The lowest BCUT2D eigenvalue weighted by Crippen LogP contribution is -2.41. The van der Waals surface area contributed by atoms with Crippen molar-refractivity contribution in [1.82, 2.24) is 10.3 Å². The molecule has 0 fully saturated rings. The lowest BCUT2D eigenvalue weighted by atomic mass is 10.0. The van der Waals surface area contributed by atoms with Gasteiger partial charge in [-0.3, -0.25) is 4.98 Å². The molecule has 0 aliphatic rings. The Morgan fingerprint density at radius 2 is 2.18 bits per heavy atom. The van der Waals surface area contributed by atoms with E-state index in [-0.39, 0.29) is 5.54 Å². The van der Waals surface area contributed by atoms with Crippen LogP contribution in [0.25, 0.3) is 0 Å². The molecule has 0 saturated carbocycles. The maximum Gasteiger partial charge on any atom is 0.0562 e. The van der Waals surface area contributed by atoms with Crippen molar-refractivity contribution in [3.05, 3.63) is 36.7 Å². The lowest BCUT2D eigenvalue weighted by molar-refractivity contribution is 0.522. The minimum atomic E-state index is 0.0758. The fourth-order valence-electron chi connectivity index (χ4n) is 1.81. The van der Waals surface area contributed by atoms with Crippen LogP contribution in [0.15, 0.2) is 31.0 Å². The van der Waals surface area contributed by atoms with Crippen molar-refractivity contribution in [2.75, 3.05) is 18.5 Å². The van der Waals surface area contributed by atoms with Crippen LogP contribution in [0.3, 0.4) is 0 Å². The van der Waals surface area contributed by atoms with Crippen molar-refractivity contribution >= 4 is 5.69 Å². The summed E-state index contributed by atoms with van der Waals surface area (Å²) < 4.78 is 0. The number of aromatic nitrogens is 1. The van der Waals surface area contributed by atoms with Crippen LogP contribution in [0.5, 0.6) is 0 Å². The molecule has 0 spiro atoms. The molecule has 0 saturated heterocycles. The van der Waals surface area contributed by atoms with E-state index in [1.807, 2.05) is 25.4 Å². The van der Waals surface area contributed by atoms with Crippen LogP contribution in [0.1, 0.15) is 26.5 Å². The van der Waals surface area contributed by atoms with Crippen LogP contribution < -0.4 is 10.2 Å². The zero-order chi connectivity index (χ0) is 12.9. The van der Waals surface area contributed by atoms with Crippen LogP contribution in [0.2, 0.25) is 0 Å². The third-order valence-corrected chi connectivity index (χ3v) is 2.59. The minimum Gasteiger partial charge on any atom is -0.363 e. The Morgan fingerprint density at radius 1 is 1.47 bits per heavy atom. The first kappa shape index (κ1) is 13.7. The number of nitrogens with zero attached hydrogens (tertiary/aromatic N) is 2. The summed E-state index contributed by atoms with van der Waals surface area (Å²) in [7, 11) is 1.93. The van der Waals surface area contributed by atoms with Gasteiger partial charge in [0.05, 0.1) is 5.69 Å². The van der Waals surface area contributed by atoms with Gasteiger partial charge < -0.3 is 10.2 Å². The molecule has 3 heteroatoms. The fourth-order valence-corrected chi connectivity index (χ4v) is 1.81. The summed E-state index contributed by atoms with van der Waals surface area (Å²) in [6, 6.07) is 4.18. The second kappa shape index (κ2) is 5.82. The average molecular weight is 233 g/mol. The van der Waals surface area contributed by atoms with E-state index in [1.54, 1.807) is 0 Å². The van der Waals surface area contributed by atoms with E-state index in [2.05, 4.69) is 48.6 Å². The van der Waals surface area contributed by atoms with Gasteiger partial charge in [-0.1, -0.05) is 6.08 Å². The van der Waals surface area contributed by atoms with Gasteiger partial charge in [-0.05, 0) is 40.0 Å². The molecule has 0 aliphatic heterocycles. The molecular weight excluding hydrogens is 210 g/mol. The Morgan fingerprint density at radius 3 is 2.71 bits per heavy atom. The predicted molar refractivity (Wildman–Crippen MR) is 74.3 cm³/mol. The summed E-state index contributed by atoms with van der Waals surface area (Å²) in [6.07, 6.45) is 3.80. The summed E-state index contributed by atoms with van der Waals surface area (Å²) in [4.78, 5) is 6.66. The number of pyridine rings is 1. The zero-order valence-corrected chi connectivity index (χ0v) is 11.3. The summed E-state index contributed by atoms with van der Waals surface area (Å²) in [5.74, 6) is 0. The van der Waals surface area contributed by atoms with Crippen LogP contribution >= 0.6 is 0 Å². The molecule has 0 aliphatic carbocycles. The molecule has 0 atom stereocenters. The molecule has 1 heterocycles. The molecule has 0 bridgehead atoms. The van der Waals surface area contributed by atoms with Gasteiger partial charge in [0.1, 0.15) is 0 Å². The highest BCUT2D eigenvalue weighted by atomic mass is 15.2. The maximum atomic E-state index is 4.34. The average Bonchev–Trinajstić information content (AvgIpc) is 2.25. The molecule has 1 N–H and O–H groups in total. The number of hydrogen-bond donors (Lipinski definition) is 1. The molecule has 0 radical (unpaired) electrons. The van der Waals surface area contributed by atoms with Gasteiger partial charge in [-0.2, -0.15) is 0 Å². The Bertz CT molecular complexity index is 366. The molecule has 17 heavy (non-hydrogen) atoms. The van der Waals surface area contributed by atoms with E-state index in [0.717, 1.165) is 18.8 Å². The Balaban J connectivity index is 3.01. The van der Waals surface area contributed by atoms with Gasteiger partial charge in [-0.15, -0.1) is 6.58 Å². The highest BCUT2D eigenvalue weighted by Crippen LogP contribution is 2.23.